The predicted molar refractivity (Wildman–Crippen MR) is 62.0 cm³/mol. The third-order valence-electron chi connectivity index (χ3n) is 3.48. The Morgan fingerprint density at radius 3 is 2.38 bits per heavy atom. The maximum absolute atomic E-state index is 12.2. The van der Waals surface area contributed by atoms with E-state index in [4.69, 9.17) is 5.26 Å². The Morgan fingerprint density at radius 2 is 2.00 bits per heavy atom. The molecule has 1 saturated carbocycles. The van der Waals surface area contributed by atoms with Crippen molar-refractivity contribution >= 4 is 5.78 Å². The fraction of sp³-hybridized carbons (Fsp3) is 0.429. The maximum Gasteiger partial charge on any atom is 0.183 e. The molecule has 1 aromatic rings. The number of nitriles is 1. The highest BCUT2D eigenvalue weighted by atomic mass is 16.1. The molecule has 0 bridgehead atoms. The van der Waals surface area contributed by atoms with E-state index in [2.05, 4.69) is 13.0 Å². The van der Waals surface area contributed by atoms with Gasteiger partial charge in [-0.15, -0.1) is 0 Å². The summed E-state index contributed by atoms with van der Waals surface area (Å²) >= 11 is 0. The highest BCUT2D eigenvalue weighted by Crippen LogP contribution is 2.42. The van der Waals surface area contributed by atoms with Crippen LogP contribution in [0, 0.1) is 16.7 Å². The molecule has 16 heavy (non-hydrogen) atoms. The second-order valence-corrected chi connectivity index (χ2v) is 4.43. The van der Waals surface area contributed by atoms with E-state index in [1.807, 2.05) is 24.3 Å². The van der Waals surface area contributed by atoms with E-state index in [1.54, 1.807) is 0 Å². The molecule has 0 spiro atoms. The Kier molecular flexibility index (Phi) is 2.78. The van der Waals surface area contributed by atoms with Gasteiger partial charge in [-0.25, -0.2) is 0 Å². The average molecular weight is 213 g/mol. The van der Waals surface area contributed by atoms with E-state index in [1.165, 1.54) is 5.56 Å². The van der Waals surface area contributed by atoms with Crippen LogP contribution in [0.1, 0.15) is 42.1 Å². The van der Waals surface area contributed by atoms with Gasteiger partial charge in [-0.1, -0.05) is 31.2 Å². The molecule has 0 atom stereocenters. The highest BCUT2D eigenvalue weighted by molar-refractivity contribution is 6.02. The third kappa shape index (κ3) is 1.63. The molecule has 0 heterocycles. The zero-order valence-electron chi connectivity index (χ0n) is 9.49. The molecule has 2 rings (SSSR count). The SMILES string of the molecule is CCc1ccc(C(=O)C2(C#N)CCC2)cc1. The fourth-order valence-corrected chi connectivity index (χ4v) is 2.09. The Labute approximate surface area is 95.9 Å². The first-order valence-electron chi connectivity index (χ1n) is 5.77. The minimum atomic E-state index is -0.715. The smallest absolute Gasteiger partial charge is 0.183 e. The van der Waals surface area contributed by atoms with Crippen molar-refractivity contribution in [1.82, 2.24) is 0 Å². The molecule has 1 aliphatic carbocycles. The number of hydrogen-bond acceptors (Lipinski definition) is 2. The van der Waals surface area contributed by atoms with Gasteiger partial charge in [0.1, 0.15) is 5.41 Å². The van der Waals surface area contributed by atoms with E-state index >= 15 is 0 Å². The lowest BCUT2D eigenvalue weighted by molar-refractivity contribution is 0.0748. The van der Waals surface area contributed by atoms with Crippen molar-refractivity contribution in [3.8, 4) is 6.07 Å². The summed E-state index contributed by atoms with van der Waals surface area (Å²) < 4.78 is 0. The third-order valence-corrected chi connectivity index (χ3v) is 3.48. The number of ketones is 1. The van der Waals surface area contributed by atoms with Crippen molar-refractivity contribution in [2.75, 3.05) is 0 Å². The summed E-state index contributed by atoms with van der Waals surface area (Å²) in [5.41, 5.74) is 1.18. The molecule has 0 unspecified atom stereocenters. The fourth-order valence-electron chi connectivity index (χ4n) is 2.09. The molecule has 0 radical (unpaired) electrons. The molecule has 0 saturated heterocycles. The Balaban J connectivity index is 2.24. The summed E-state index contributed by atoms with van der Waals surface area (Å²) in [5, 5.41) is 9.10. The van der Waals surface area contributed by atoms with Crippen LogP contribution in [0.5, 0.6) is 0 Å². The van der Waals surface area contributed by atoms with Crippen molar-refractivity contribution in [3.63, 3.8) is 0 Å². The Bertz CT molecular complexity index is 435. The predicted octanol–water partition coefficient (Wildman–Crippen LogP) is 3.13. The standard InChI is InChI=1S/C14H15NO/c1-2-11-4-6-12(7-5-11)13(16)14(10-15)8-3-9-14/h4-7H,2-3,8-9H2,1H3. The zero-order chi connectivity index (χ0) is 11.6. The molecule has 1 aromatic carbocycles. The summed E-state index contributed by atoms with van der Waals surface area (Å²) in [6, 6.07) is 9.82. The summed E-state index contributed by atoms with van der Waals surface area (Å²) in [5.74, 6) is 0.00361. The van der Waals surface area contributed by atoms with Gasteiger partial charge >= 0.3 is 0 Å². The number of carbonyl (C=O) groups excluding carboxylic acids is 1. The normalized spacial score (nSPS) is 17.2. The quantitative estimate of drug-likeness (QED) is 0.724. The van der Waals surface area contributed by atoms with E-state index in [0.29, 0.717) is 5.56 Å². The van der Waals surface area contributed by atoms with Crippen molar-refractivity contribution in [2.24, 2.45) is 5.41 Å². The minimum Gasteiger partial charge on any atom is -0.292 e. The van der Waals surface area contributed by atoms with E-state index in [0.717, 1.165) is 25.7 Å². The van der Waals surface area contributed by atoms with Crippen molar-refractivity contribution in [3.05, 3.63) is 35.4 Å². The second kappa shape index (κ2) is 4.09. The van der Waals surface area contributed by atoms with Crippen LogP contribution < -0.4 is 0 Å². The van der Waals surface area contributed by atoms with Gasteiger partial charge in [0, 0.05) is 5.56 Å². The molecule has 1 fully saturated rings. The number of Topliss-reactive ketones (excluding diaryl/α,β-unsaturated/α-hetero) is 1. The van der Waals surface area contributed by atoms with Gasteiger partial charge in [0.25, 0.3) is 0 Å². The van der Waals surface area contributed by atoms with Gasteiger partial charge < -0.3 is 0 Å². The molecule has 0 amide bonds. The van der Waals surface area contributed by atoms with Gasteiger partial charge in [-0.05, 0) is 31.2 Å². The molecule has 0 aromatic heterocycles. The molecule has 0 N–H and O–H groups in total. The van der Waals surface area contributed by atoms with E-state index in [9.17, 15) is 4.79 Å². The first-order chi connectivity index (χ1) is 7.72. The van der Waals surface area contributed by atoms with Crippen LogP contribution >= 0.6 is 0 Å². The van der Waals surface area contributed by atoms with Gasteiger partial charge in [-0.2, -0.15) is 5.26 Å². The number of carbonyl (C=O) groups is 1. The number of rotatable bonds is 3. The molecular formula is C14H15NO. The van der Waals surface area contributed by atoms with Crippen molar-refractivity contribution < 1.29 is 4.79 Å². The first kappa shape index (κ1) is 10.9. The average Bonchev–Trinajstić information content (AvgIpc) is 2.28. The van der Waals surface area contributed by atoms with Crippen LogP contribution in [0.25, 0.3) is 0 Å². The minimum absolute atomic E-state index is 0.00361. The van der Waals surface area contributed by atoms with Gasteiger partial charge in [0.15, 0.2) is 5.78 Å². The summed E-state index contributed by atoms with van der Waals surface area (Å²) in [6.45, 7) is 2.08. The molecule has 2 heteroatoms. The monoisotopic (exact) mass is 213 g/mol. The summed E-state index contributed by atoms with van der Waals surface area (Å²) in [7, 11) is 0. The van der Waals surface area contributed by atoms with Crippen molar-refractivity contribution in [2.45, 2.75) is 32.6 Å². The molecule has 1 aliphatic rings. The zero-order valence-corrected chi connectivity index (χ0v) is 9.49. The molecular weight excluding hydrogens is 198 g/mol. The van der Waals surface area contributed by atoms with Crippen LogP contribution in [-0.4, -0.2) is 5.78 Å². The summed E-state index contributed by atoms with van der Waals surface area (Å²) in [4.78, 5) is 12.2. The van der Waals surface area contributed by atoms with Crippen LogP contribution in [0.3, 0.4) is 0 Å². The molecule has 0 aliphatic heterocycles. The lowest BCUT2D eigenvalue weighted by atomic mass is 9.65. The molecule has 82 valence electrons. The largest absolute Gasteiger partial charge is 0.292 e. The van der Waals surface area contributed by atoms with Crippen LogP contribution in [0.15, 0.2) is 24.3 Å². The first-order valence-corrected chi connectivity index (χ1v) is 5.77. The Morgan fingerprint density at radius 1 is 1.38 bits per heavy atom. The van der Waals surface area contributed by atoms with Crippen LogP contribution in [0.2, 0.25) is 0 Å². The number of benzene rings is 1. The van der Waals surface area contributed by atoms with E-state index in [-0.39, 0.29) is 5.78 Å². The maximum atomic E-state index is 12.2. The van der Waals surface area contributed by atoms with Gasteiger partial charge in [0.05, 0.1) is 6.07 Å². The number of hydrogen-bond donors (Lipinski definition) is 0. The Hall–Kier alpha value is -1.62. The number of aryl methyl sites for hydroxylation is 1. The molecule has 2 nitrogen and oxygen atoms in total. The lowest BCUT2D eigenvalue weighted by Crippen LogP contribution is -2.36. The van der Waals surface area contributed by atoms with Crippen LogP contribution in [-0.2, 0) is 6.42 Å². The second-order valence-electron chi connectivity index (χ2n) is 4.43. The van der Waals surface area contributed by atoms with E-state index < -0.39 is 5.41 Å². The highest BCUT2D eigenvalue weighted by Gasteiger charge is 2.44. The lowest BCUT2D eigenvalue weighted by Gasteiger charge is -2.33. The van der Waals surface area contributed by atoms with Crippen LogP contribution in [0.4, 0.5) is 0 Å². The topological polar surface area (TPSA) is 40.9 Å². The summed E-state index contributed by atoms with van der Waals surface area (Å²) in [6.07, 6.45) is 3.40. The van der Waals surface area contributed by atoms with Gasteiger partial charge in [0.2, 0.25) is 0 Å². The van der Waals surface area contributed by atoms with Crippen molar-refractivity contribution in [1.29, 1.82) is 5.26 Å². The number of nitrogens with zero attached hydrogens (tertiary/aromatic N) is 1. The van der Waals surface area contributed by atoms with Gasteiger partial charge in [-0.3, -0.25) is 4.79 Å².